The van der Waals surface area contributed by atoms with Gasteiger partial charge in [0.25, 0.3) is 0 Å². The van der Waals surface area contributed by atoms with Gasteiger partial charge < -0.3 is 10.1 Å². The van der Waals surface area contributed by atoms with E-state index in [4.69, 9.17) is 0 Å². The highest BCUT2D eigenvalue weighted by molar-refractivity contribution is 7.96. The van der Waals surface area contributed by atoms with Crippen LogP contribution in [0.4, 0.5) is 5.69 Å². The van der Waals surface area contributed by atoms with Gasteiger partial charge in [0.15, 0.2) is 4.91 Å². The molecule has 132 valence electrons. The van der Waals surface area contributed by atoms with Gasteiger partial charge in [0, 0.05) is 11.9 Å². The van der Waals surface area contributed by atoms with Crippen molar-refractivity contribution in [2.45, 2.75) is 24.7 Å². The number of para-hydroxylation sites is 1. The van der Waals surface area contributed by atoms with Crippen LogP contribution in [0.15, 0.2) is 70.6 Å². The number of hydrogen-bond donors (Lipinski definition) is 1. The number of nitrogens with one attached hydrogen (secondary N) is 1. The number of carbonyl (C=O) groups is 1. The summed E-state index contributed by atoms with van der Waals surface area (Å²) in [6.45, 7) is 4.04. The Bertz CT molecular complexity index is 854. The lowest BCUT2D eigenvalue weighted by Gasteiger charge is -2.10. The van der Waals surface area contributed by atoms with Gasteiger partial charge in [-0.2, -0.15) is 0 Å². The summed E-state index contributed by atoms with van der Waals surface area (Å²) < 4.78 is 30.3. The monoisotopic (exact) mass is 359 g/mol. The summed E-state index contributed by atoms with van der Waals surface area (Å²) >= 11 is 0. The van der Waals surface area contributed by atoms with Gasteiger partial charge in [0.05, 0.1) is 12.0 Å². The fourth-order valence-electron chi connectivity index (χ4n) is 2.19. The van der Waals surface area contributed by atoms with Crippen LogP contribution in [0.1, 0.15) is 25.3 Å². The number of sulfone groups is 1. The molecular formula is C19H21NO4S. The van der Waals surface area contributed by atoms with E-state index in [-0.39, 0.29) is 10.8 Å². The molecule has 0 saturated heterocycles. The molecule has 0 spiro atoms. The summed E-state index contributed by atoms with van der Waals surface area (Å²) in [5.41, 5.74) is 1.68. The average molecular weight is 359 g/mol. The topological polar surface area (TPSA) is 72.5 Å². The van der Waals surface area contributed by atoms with Crippen molar-refractivity contribution in [1.82, 2.24) is 0 Å². The molecule has 0 heterocycles. The number of methoxy groups -OCH3 is 1. The van der Waals surface area contributed by atoms with Gasteiger partial charge in [-0.3, -0.25) is 0 Å². The third-order valence-corrected chi connectivity index (χ3v) is 5.43. The Kier molecular flexibility index (Phi) is 5.98. The molecule has 2 aromatic carbocycles. The maximum absolute atomic E-state index is 12.8. The van der Waals surface area contributed by atoms with Crippen LogP contribution in [0.5, 0.6) is 0 Å². The zero-order valence-corrected chi connectivity index (χ0v) is 15.2. The number of hydrogen-bond acceptors (Lipinski definition) is 5. The van der Waals surface area contributed by atoms with E-state index in [2.05, 4.69) is 10.1 Å². The number of esters is 1. The van der Waals surface area contributed by atoms with Gasteiger partial charge in [0.2, 0.25) is 9.84 Å². The largest absolute Gasteiger partial charge is 0.465 e. The summed E-state index contributed by atoms with van der Waals surface area (Å²) in [5.74, 6) is -0.636. The zero-order chi connectivity index (χ0) is 18.4. The van der Waals surface area contributed by atoms with Crippen LogP contribution in [0.25, 0.3) is 0 Å². The molecule has 0 amide bonds. The predicted octanol–water partition coefficient (Wildman–Crippen LogP) is 3.71. The quantitative estimate of drug-likeness (QED) is 0.629. The van der Waals surface area contributed by atoms with E-state index in [1.165, 1.54) is 12.1 Å². The Hall–Kier alpha value is -2.60. The normalized spacial score (nSPS) is 12.1. The van der Waals surface area contributed by atoms with Crippen LogP contribution in [0, 0.1) is 0 Å². The van der Waals surface area contributed by atoms with E-state index in [0.717, 1.165) is 18.9 Å². The Labute approximate surface area is 148 Å². The van der Waals surface area contributed by atoms with Crippen LogP contribution in [-0.2, 0) is 19.4 Å². The van der Waals surface area contributed by atoms with Crippen molar-refractivity contribution in [2.24, 2.45) is 0 Å². The summed E-state index contributed by atoms with van der Waals surface area (Å²) in [6.07, 6.45) is 1.16. The molecule has 0 atom stereocenters. The average Bonchev–Trinajstić information content (AvgIpc) is 2.62. The summed E-state index contributed by atoms with van der Waals surface area (Å²) in [7, 11) is -2.85. The molecule has 6 heteroatoms. The zero-order valence-electron chi connectivity index (χ0n) is 14.4. The molecule has 0 aliphatic carbocycles. The van der Waals surface area contributed by atoms with Crippen LogP contribution < -0.4 is 5.32 Å². The molecule has 0 saturated carbocycles. The van der Waals surface area contributed by atoms with Crippen molar-refractivity contribution < 1.29 is 17.9 Å². The summed E-state index contributed by atoms with van der Waals surface area (Å²) in [6, 6.07) is 15.5. The van der Waals surface area contributed by atoms with Crippen LogP contribution in [0.2, 0.25) is 0 Å². The van der Waals surface area contributed by atoms with E-state index in [1.54, 1.807) is 36.4 Å². The standard InChI is InChI=1S/C19H21NO4S/c1-14(2)15-9-11-17(12-10-15)25(22,23)18(19(21)24-3)13-20-16-7-5-4-6-8-16/h4-14,20H,1-3H3/b18-13+. The molecule has 25 heavy (non-hydrogen) atoms. The third kappa shape index (κ3) is 4.48. The highest BCUT2D eigenvalue weighted by atomic mass is 32.2. The van der Waals surface area contributed by atoms with Crippen molar-refractivity contribution >= 4 is 21.5 Å². The highest BCUT2D eigenvalue weighted by Gasteiger charge is 2.28. The molecule has 1 N–H and O–H groups in total. The fourth-order valence-corrected chi connectivity index (χ4v) is 3.45. The first-order chi connectivity index (χ1) is 11.9. The van der Waals surface area contributed by atoms with E-state index < -0.39 is 20.7 Å². The molecule has 0 unspecified atom stereocenters. The van der Waals surface area contributed by atoms with E-state index in [1.807, 2.05) is 19.9 Å². The summed E-state index contributed by atoms with van der Waals surface area (Å²) in [5, 5.41) is 2.82. The van der Waals surface area contributed by atoms with Crippen molar-refractivity contribution in [3.8, 4) is 0 Å². The fraction of sp³-hybridized carbons (Fsp3) is 0.211. The molecule has 0 aromatic heterocycles. The lowest BCUT2D eigenvalue weighted by molar-refractivity contribution is -0.135. The van der Waals surface area contributed by atoms with Gasteiger partial charge in [-0.25, -0.2) is 13.2 Å². The minimum atomic E-state index is -4.00. The molecule has 2 aromatic rings. The van der Waals surface area contributed by atoms with Crippen molar-refractivity contribution in [1.29, 1.82) is 0 Å². The van der Waals surface area contributed by atoms with Crippen molar-refractivity contribution in [2.75, 3.05) is 12.4 Å². The van der Waals surface area contributed by atoms with E-state index >= 15 is 0 Å². The second kappa shape index (κ2) is 7.98. The molecule has 5 nitrogen and oxygen atoms in total. The van der Waals surface area contributed by atoms with Gasteiger partial charge in [0.1, 0.15) is 0 Å². The second-order valence-corrected chi connectivity index (χ2v) is 7.66. The molecule has 2 rings (SSSR count). The first-order valence-corrected chi connectivity index (χ1v) is 9.29. The number of rotatable bonds is 6. The molecule has 0 radical (unpaired) electrons. The maximum atomic E-state index is 12.8. The number of benzene rings is 2. The predicted molar refractivity (Wildman–Crippen MR) is 97.9 cm³/mol. The van der Waals surface area contributed by atoms with E-state index in [0.29, 0.717) is 5.69 Å². The van der Waals surface area contributed by atoms with E-state index in [9.17, 15) is 13.2 Å². The molecule has 0 fully saturated rings. The lowest BCUT2D eigenvalue weighted by atomic mass is 10.0. The molecular weight excluding hydrogens is 338 g/mol. The maximum Gasteiger partial charge on any atom is 0.351 e. The minimum absolute atomic E-state index is 0.0448. The smallest absolute Gasteiger partial charge is 0.351 e. The van der Waals surface area contributed by atoms with Gasteiger partial charge in [-0.15, -0.1) is 0 Å². The first-order valence-electron chi connectivity index (χ1n) is 7.81. The first kappa shape index (κ1) is 18.7. The van der Waals surface area contributed by atoms with Gasteiger partial charge >= 0.3 is 5.97 Å². The highest BCUT2D eigenvalue weighted by Crippen LogP contribution is 2.23. The number of anilines is 1. The van der Waals surface area contributed by atoms with Crippen LogP contribution in [0.3, 0.4) is 0 Å². The third-order valence-electron chi connectivity index (χ3n) is 3.68. The van der Waals surface area contributed by atoms with Gasteiger partial charge in [-0.05, 0) is 35.7 Å². The Morgan fingerprint density at radius 3 is 2.16 bits per heavy atom. The van der Waals surface area contributed by atoms with Gasteiger partial charge in [-0.1, -0.05) is 44.2 Å². The number of ether oxygens (including phenoxy) is 1. The van der Waals surface area contributed by atoms with Crippen molar-refractivity contribution in [3.63, 3.8) is 0 Å². The Morgan fingerprint density at radius 2 is 1.64 bits per heavy atom. The molecule has 0 bridgehead atoms. The van der Waals surface area contributed by atoms with Crippen LogP contribution in [-0.4, -0.2) is 21.5 Å². The van der Waals surface area contributed by atoms with Crippen molar-refractivity contribution in [3.05, 3.63) is 71.3 Å². The Morgan fingerprint density at radius 1 is 1.04 bits per heavy atom. The minimum Gasteiger partial charge on any atom is -0.465 e. The summed E-state index contributed by atoms with van der Waals surface area (Å²) in [4.78, 5) is 11.6. The molecule has 0 aliphatic rings. The lowest BCUT2D eigenvalue weighted by Crippen LogP contribution is -2.17. The Balaban J connectivity index is 2.40. The number of carbonyl (C=O) groups excluding carboxylic acids is 1. The molecule has 0 aliphatic heterocycles. The van der Waals surface area contributed by atoms with Crippen LogP contribution >= 0.6 is 0 Å². The SMILES string of the molecule is COC(=O)/C(=C\Nc1ccccc1)S(=O)(=O)c1ccc(C(C)C)cc1. The second-order valence-electron chi connectivity index (χ2n) is 5.74.